The molecule has 1 aromatic heterocycles. The Morgan fingerprint density at radius 1 is 1.08 bits per heavy atom. The van der Waals surface area contributed by atoms with Crippen molar-refractivity contribution in [1.29, 1.82) is 0 Å². The molecule has 39 heavy (non-hydrogen) atoms. The molecule has 2 aromatic carbocycles. The monoisotopic (exact) mass is 535 g/mol. The molecule has 0 spiro atoms. The first-order chi connectivity index (χ1) is 18.6. The van der Waals surface area contributed by atoms with Gasteiger partial charge in [0.25, 0.3) is 5.69 Å². The van der Waals surface area contributed by atoms with Gasteiger partial charge in [0, 0.05) is 48.5 Å². The Morgan fingerprint density at radius 2 is 1.72 bits per heavy atom. The van der Waals surface area contributed by atoms with Crippen molar-refractivity contribution in [3.8, 4) is 11.8 Å². The smallest absolute Gasteiger partial charge is 0.269 e. The fourth-order valence-corrected chi connectivity index (χ4v) is 4.83. The molecule has 12 heteroatoms. The van der Waals surface area contributed by atoms with Crippen LogP contribution in [-0.4, -0.2) is 60.8 Å². The number of rotatable bonds is 9. The van der Waals surface area contributed by atoms with Gasteiger partial charge >= 0.3 is 0 Å². The Morgan fingerprint density at radius 3 is 2.33 bits per heavy atom. The number of nitro groups is 1. The van der Waals surface area contributed by atoms with Gasteiger partial charge in [-0.2, -0.15) is 0 Å². The number of nitrogens with one attached hydrogen (secondary N) is 1. The van der Waals surface area contributed by atoms with Gasteiger partial charge in [0.2, 0.25) is 11.8 Å². The Balaban J connectivity index is 1.65. The number of benzene rings is 2. The Hall–Kier alpha value is -4.71. The second-order valence-corrected chi connectivity index (χ2v) is 9.43. The number of nitro benzene ring substituents is 1. The third-order valence-electron chi connectivity index (χ3n) is 6.76. The number of aromatic nitrogens is 1. The number of likely N-dealkylation sites (tertiary alicyclic amines) is 1. The van der Waals surface area contributed by atoms with Crippen molar-refractivity contribution in [3.63, 3.8) is 0 Å². The highest BCUT2D eigenvalue weighted by atomic mass is 16.6. The average Bonchev–Trinajstić information content (AvgIpc) is 3.53. The number of anilines is 1. The molecule has 0 aliphatic carbocycles. The number of aromatic hydroxyl groups is 2. The molecule has 0 unspecified atom stereocenters. The predicted octanol–water partition coefficient (Wildman–Crippen LogP) is 2.75. The molecule has 0 radical (unpaired) electrons. The number of carbonyl (C=O) groups is 3. The van der Waals surface area contributed by atoms with Gasteiger partial charge in [0.15, 0.2) is 17.5 Å². The minimum atomic E-state index is -1.20. The van der Waals surface area contributed by atoms with Gasteiger partial charge in [0.05, 0.1) is 17.0 Å². The molecule has 2 amide bonds. The lowest BCUT2D eigenvalue weighted by Crippen LogP contribution is -2.47. The molecule has 1 fully saturated rings. The topological polar surface area (TPSA) is 181 Å². The molecular formula is C27H29N5O7. The van der Waals surface area contributed by atoms with Crippen molar-refractivity contribution >= 4 is 29.0 Å². The fourth-order valence-electron chi connectivity index (χ4n) is 4.83. The Bertz CT molecular complexity index is 1380. The maximum absolute atomic E-state index is 13.7. The van der Waals surface area contributed by atoms with Crippen LogP contribution in [0, 0.1) is 10.1 Å². The third-order valence-corrected chi connectivity index (χ3v) is 6.76. The van der Waals surface area contributed by atoms with E-state index in [0.717, 1.165) is 4.57 Å². The molecule has 1 aliphatic rings. The van der Waals surface area contributed by atoms with Crippen LogP contribution in [-0.2, 0) is 16.0 Å². The highest BCUT2D eigenvalue weighted by molar-refractivity contribution is 6.04. The van der Waals surface area contributed by atoms with Crippen LogP contribution in [0.4, 0.5) is 11.4 Å². The minimum Gasteiger partial charge on any atom is -0.494 e. The largest absolute Gasteiger partial charge is 0.494 e. The maximum Gasteiger partial charge on any atom is 0.269 e. The maximum atomic E-state index is 13.7. The number of ketones is 1. The normalized spacial score (nSPS) is 16.5. The average molecular weight is 536 g/mol. The quantitative estimate of drug-likeness (QED) is 0.183. The highest BCUT2D eigenvalue weighted by Gasteiger charge is 2.37. The molecule has 3 aromatic rings. The van der Waals surface area contributed by atoms with E-state index in [2.05, 4.69) is 5.32 Å². The summed E-state index contributed by atoms with van der Waals surface area (Å²) in [7, 11) is 0. The van der Waals surface area contributed by atoms with Gasteiger partial charge in [-0.25, -0.2) is 0 Å². The van der Waals surface area contributed by atoms with E-state index < -0.39 is 29.0 Å². The Kier molecular flexibility index (Phi) is 7.96. The van der Waals surface area contributed by atoms with Gasteiger partial charge < -0.3 is 26.2 Å². The first-order valence-corrected chi connectivity index (χ1v) is 12.4. The summed E-state index contributed by atoms with van der Waals surface area (Å²) in [5, 5.41) is 34.4. The van der Waals surface area contributed by atoms with E-state index in [1.165, 1.54) is 41.3 Å². The number of nitrogens with zero attached hydrogens (tertiary/aromatic N) is 3. The van der Waals surface area contributed by atoms with Crippen molar-refractivity contribution in [2.45, 2.75) is 44.3 Å². The lowest BCUT2D eigenvalue weighted by atomic mass is 9.93. The molecule has 3 atom stereocenters. The molecule has 0 bridgehead atoms. The SMILES string of the molecule is C[C@H](N)C(=O)N1CCC[C@H]1C(=O)c1ccccc1C[C@@H](C(=O)Nc1ccc([N+](=O)[O-])cc1)n1c(O)ccc1O. The number of non-ortho nitro benzene ring substituents is 1. The summed E-state index contributed by atoms with van der Waals surface area (Å²) in [4.78, 5) is 51.6. The van der Waals surface area contributed by atoms with Gasteiger partial charge in [-0.15, -0.1) is 0 Å². The predicted molar refractivity (Wildman–Crippen MR) is 141 cm³/mol. The number of hydrogen-bond donors (Lipinski definition) is 4. The van der Waals surface area contributed by atoms with Gasteiger partial charge in [-0.3, -0.25) is 29.1 Å². The molecule has 1 saturated heterocycles. The molecule has 4 rings (SSSR count). The van der Waals surface area contributed by atoms with Gasteiger partial charge in [-0.05, 0) is 37.5 Å². The molecular weight excluding hydrogens is 506 g/mol. The molecule has 0 saturated carbocycles. The van der Waals surface area contributed by atoms with E-state index in [4.69, 9.17) is 5.73 Å². The van der Waals surface area contributed by atoms with Crippen molar-refractivity contribution in [2.75, 3.05) is 11.9 Å². The second-order valence-electron chi connectivity index (χ2n) is 9.43. The third kappa shape index (κ3) is 5.75. The van der Waals surface area contributed by atoms with Crippen LogP contribution < -0.4 is 11.1 Å². The van der Waals surface area contributed by atoms with Crippen LogP contribution in [0.1, 0.15) is 41.7 Å². The second kappa shape index (κ2) is 11.4. The zero-order valence-electron chi connectivity index (χ0n) is 21.2. The lowest BCUT2D eigenvalue weighted by molar-refractivity contribution is -0.384. The zero-order chi connectivity index (χ0) is 28.3. The summed E-state index contributed by atoms with van der Waals surface area (Å²) < 4.78 is 1.03. The van der Waals surface area contributed by atoms with Crippen LogP contribution in [0.3, 0.4) is 0 Å². The number of nitrogens with two attached hydrogens (primary N) is 1. The molecule has 2 heterocycles. The van der Waals surface area contributed by atoms with Crippen LogP contribution >= 0.6 is 0 Å². The molecule has 204 valence electrons. The number of hydrogen-bond acceptors (Lipinski definition) is 8. The van der Waals surface area contributed by atoms with Crippen molar-refractivity contribution in [3.05, 3.63) is 81.9 Å². The van der Waals surface area contributed by atoms with E-state index in [-0.39, 0.29) is 41.2 Å². The molecule has 5 N–H and O–H groups in total. The van der Waals surface area contributed by atoms with Gasteiger partial charge in [-0.1, -0.05) is 24.3 Å². The van der Waals surface area contributed by atoms with E-state index in [1.54, 1.807) is 31.2 Å². The molecule has 12 nitrogen and oxygen atoms in total. The summed E-state index contributed by atoms with van der Waals surface area (Å²) in [5.74, 6) is -1.98. The highest BCUT2D eigenvalue weighted by Crippen LogP contribution is 2.32. The summed E-state index contributed by atoms with van der Waals surface area (Å²) >= 11 is 0. The van der Waals surface area contributed by atoms with Crippen molar-refractivity contribution in [2.24, 2.45) is 5.73 Å². The first kappa shape index (κ1) is 27.3. The Labute approximate surface area is 223 Å². The van der Waals surface area contributed by atoms with E-state index >= 15 is 0 Å². The van der Waals surface area contributed by atoms with E-state index in [0.29, 0.717) is 30.5 Å². The summed E-state index contributed by atoms with van der Waals surface area (Å²) in [6.07, 6.45) is 1.04. The number of carbonyl (C=O) groups excluding carboxylic acids is 3. The van der Waals surface area contributed by atoms with Crippen molar-refractivity contribution < 1.29 is 29.5 Å². The summed E-state index contributed by atoms with van der Waals surface area (Å²) in [6, 6.07) is 11.7. The van der Waals surface area contributed by atoms with E-state index in [9.17, 15) is 34.7 Å². The standard InChI is InChI=1S/C27H29N5O7/c1-16(28)27(37)30-14-4-7-21(30)25(35)20-6-3-2-5-17(20)15-22(31-23(33)12-13-24(31)34)26(36)29-18-8-10-19(11-9-18)32(38)39/h2-3,5-6,8-13,16,21-22,33-34H,4,7,14-15,28H2,1H3,(H,29,36)/t16-,21-,22-/m0/s1. The lowest BCUT2D eigenvalue weighted by Gasteiger charge is -2.26. The fraction of sp³-hybridized carbons (Fsp3) is 0.296. The van der Waals surface area contributed by atoms with Crippen LogP contribution in [0.25, 0.3) is 0 Å². The molecule has 1 aliphatic heterocycles. The summed E-state index contributed by atoms with van der Waals surface area (Å²) in [5.41, 5.74) is 6.68. The van der Waals surface area contributed by atoms with Crippen molar-refractivity contribution in [1.82, 2.24) is 9.47 Å². The summed E-state index contributed by atoms with van der Waals surface area (Å²) in [6.45, 7) is 1.99. The number of amides is 2. The van der Waals surface area contributed by atoms with E-state index in [1.807, 2.05) is 0 Å². The zero-order valence-corrected chi connectivity index (χ0v) is 21.2. The first-order valence-electron chi connectivity index (χ1n) is 12.4. The van der Waals surface area contributed by atoms with Crippen LogP contribution in [0.5, 0.6) is 11.8 Å². The number of Topliss-reactive ketones (excluding diaryl/α,β-unsaturated/α-hetero) is 1. The van der Waals surface area contributed by atoms with Crippen LogP contribution in [0.15, 0.2) is 60.7 Å². The van der Waals surface area contributed by atoms with Gasteiger partial charge in [0.1, 0.15) is 6.04 Å². The van der Waals surface area contributed by atoms with Crippen LogP contribution in [0.2, 0.25) is 0 Å². The minimum absolute atomic E-state index is 0.0928.